The maximum atomic E-state index is 12.6. The van der Waals surface area contributed by atoms with Crippen molar-refractivity contribution in [1.29, 1.82) is 0 Å². The van der Waals surface area contributed by atoms with E-state index in [2.05, 4.69) is 9.71 Å². The van der Waals surface area contributed by atoms with Crippen molar-refractivity contribution < 1.29 is 21.6 Å². The molecule has 2 N–H and O–H groups in total. The third kappa shape index (κ3) is 3.91. The van der Waals surface area contributed by atoms with Crippen LogP contribution in [0.5, 0.6) is 0 Å². The van der Waals surface area contributed by atoms with Gasteiger partial charge in [-0.2, -0.15) is 13.2 Å². The van der Waals surface area contributed by atoms with Crippen LogP contribution in [0.1, 0.15) is 16.7 Å². The van der Waals surface area contributed by atoms with E-state index in [1.165, 1.54) is 0 Å². The summed E-state index contributed by atoms with van der Waals surface area (Å²) < 4.78 is 64.6. The Balaban J connectivity index is 1.69. The monoisotopic (exact) mass is 382 g/mol. The zero-order valence-electron chi connectivity index (χ0n) is 13.9. The van der Waals surface area contributed by atoms with Gasteiger partial charge in [-0.3, -0.25) is 0 Å². The highest BCUT2D eigenvalue weighted by Gasteiger charge is 2.30. The largest absolute Gasteiger partial charge is 0.416 e. The molecule has 0 fully saturated rings. The highest BCUT2D eigenvalue weighted by atomic mass is 32.2. The summed E-state index contributed by atoms with van der Waals surface area (Å²) in [6, 6.07) is 9.40. The second kappa shape index (κ2) is 6.77. The van der Waals surface area contributed by atoms with Gasteiger partial charge < -0.3 is 4.98 Å². The number of fused-ring (bicyclic) bond motifs is 1. The molecule has 2 aromatic carbocycles. The molecular formula is C18H17F3N2O2S. The average Bonchev–Trinajstić information content (AvgIpc) is 2.96. The summed E-state index contributed by atoms with van der Waals surface area (Å²) in [6.07, 6.45) is -2.21. The van der Waals surface area contributed by atoms with Crippen molar-refractivity contribution in [3.63, 3.8) is 0 Å². The normalized spacial score (nSPS) is 12.6. The number of sulfonamides is 1. The van der Waals surface area contributed by atoms with E-state index < -0.39 is 21.8 Å². The first kappa shape index (κ1) is 18.5. The second-order valence-electron chi connectivity index (χ2n) is 6.03. The van der Waals surface area contributed by atoms with Crippen LogP contribution in [0.2, 0.25) is 0 Å². The number of nitrogens with one attached hydrogen (secondary N) is 2. The Kier molecular flexibility index (Phi) is 4.81. The summed E-state index contributed by atoms with van der Waals surface area (Å²) in [5.74, 6) is 0. The Bertz CT molecular complexity index is 1020. The van der Waals surface area contributed by atoms with Crippen LogP contribution in [0, 0.1) is 6.92 Å². The van der Waals surface area contributed by atoms with Crippen LogP contribution in [0.4, 0.5) is 13.2 Å². The van der Waals surface area contributed by atoms with Crippen molar-refractivity contribution in [3.8, 4) is 0 Å². The minimum absolute atomic E-state index is 0.143. The number of H-pyrrole nitrogens is 1. The third-order valence-electron chi connectivity index (χ3n) is 4.10. The number of hydrogen-bond acceptors (Lipinski definition) is 2. The molecule has 0 atom stereocenters. The molecule has 0 amide bonds. The van der Waals surface area contributed by atoms with Crippen molar-refractivity contribution in [2.75, 3.05) is 6.54 Å². The lowest BCUT2D eigenvalue weighted by molar-refractivity contribution is -0.137. The van der Waals surface area contributed by atoms with Crippen LogP contribution >= 0.6 is 0 Å². The Labute approximate surface area is 149 Å². The predicted octanol–water partition coefficient (Wildman–Crippen LogP) is 4.02. The molecule has 0 aliphatic rings. The summed E-state index contributed by atoms with van der Waals surface area (Å²) in [7, 11) is -3.86. The summed E-state index contributed by atoms with van der Waals surface area (Å²) in [5, 5.41) is 1.03. The molecule has 0 saturated carbocycles. The minimum atomic E-state index is -4.50. The van der Waals surface area contributed by atoms with Gasteiger partial charge in [-0.15, -0.1) is 0 Å². The molecule has 0 aliphatic carbocycles. The molecule has 0 spiro atoms. The van der Waals surface area contributed by atoms with Crippen molar-refractivity contribution in [3.05, 3.63) is 65.4 Å². The molecule has 8 heteroatoms. The highest BCUT2D eigenvalue weighted by Crippen LogP contribution is 2.29. The Morgan fingerprint density at radius 3 is 2.42 bits per heavy atom. The van der Waals surface area contributed by atoms with Crippen molar-refractivity contribution in [1.82, 2.24) is 9.71 Å². The van der Waals surface area contributed by atoms with E-state index in [9.17, 15) is 21.6 Å². The lowest BCUT2D eigenvalue weighted by Gasteiger charge is -2.09. The summed E-state index contributed by atoms with van der Waals surface area (Å²) in [5.41, 5.74) is 2.16. The number of benzene rings is 2. The third-order valence-corrected chi connectivity index (χ3v) is 5.58. The molecular weight excluding hydrogens is 365 g/mol. The molecule has 1 aromatic heterocycles. The van der Waals surface area contributed by atoms with Crippen LogP contribution in [0.3, 0.4) is 0 Å². The highest BCUT2D eigenvalue weighted by molar-refractivity contribution is 7.89. The molecule has 1 heterocycles. The Morgan fingerprint density at radius 1 is 1.08 bits per heavy atom. The fraction of sp³-hybridized carbons (Fsp3) is 0.222. The first-order valence-electron chi connectivity index (χ1n) is 7.90. The molecule has 138 valence electrons. The number of aryl methyl sites for hydroxylation is 1. The summed E-state index contributed by atoms with van der Waals surface area (Å²) >= 11 is 0. The van der Waals surface area contributed by atoms with Crippen LogP contribution < -0.4 is 4.72 Å². The van der Waals surface area contributed by atoms with Gasteiger partial charge in [-0.05, 0) is 55.3 Å². The van der Waals surface area contributed by atoms with Gasteiger partial charge in [0, 0.05) is 23.6 Å². The number of alkyl halides is 3. The molecule has 0 bridgehead atoms. The van der Waals surface area contributed by atoms with Gasteiger partial charge in [0.05, 0.1) is 10.5 Å². The maximum absolute atomic E-state index is 12.6. The van der Waals surface area contributed by atoms with E-state index in [-0.39, 0.29) is 11.4 Å². The number of hydrogen-bond donors (Lipinski definition) is 2. The van der Waals surface area contributed by atoms with Crippen LogP contribution in [0.15, 0.2) is 53.6 Å². The fourth-order valence-corrected chi connectivity index (χ4v) is 3.76. The van der Waals surface area contributed by atoms with Gasteiger partial charge >= 0.3 is 6.18 Å². The zero-order chi connectivity index (χ0) is 18.9. The first-order chi connectivity index (χ1) is 12.2. The molecule has 26 heavy (non-hydrogen) atoms. The van der Waals surface area contributed by atoms with E-state index in [1.807, 2.05) is 31.3 Å². The van der Waals surface area contributed by atoms with E-state index >= 15 is 0 Å². The maximum Gasteiger partial charge on any atom is 0.416 e. The standard InChI is InChI=1S/C18H17F3N2O2S/c1-12-2-7-17-16(10-12)13(11-22-17)8-9-23-26(24,25)15-5-3-14(4-6-15)18(19,20)21/h2-7,10-11,22-23H,8-9H2,1H3. The quantitative estimate of drug-likeness (QED) is 0.700. The van der Waals surface area contributed by atoms with Gasteiger partial charge in [0.2, 0.25) is 10.0 Å². The van der Waals surface area contributed by atoms with Gasteiger partial charge in [-0.1, -0.05) is 11.6 Å². The minimum Gasteiger partial charge on any atom is -0.361 e. The number of aromatic amines is 1. The second-order valence-corrected chi connectivity index (χ2v) is 7.80. The molecule has 0 saturated heterocycles. The predicted molar refractivity (Wildman–Crippen MR) is 93.4 cm³/mol. The summed E-state index contributed by atoms with van der Waals surface area (Å²) in [4.78, 5) is 2.94. The topological polar surface area (TPSA) is 62.0 Å². The first-order valence-corrected chi connectivity index (χ1v) is 9.39. The number of rotatable bonds is 5. The van der Waals surface area contributed by atoms with E-state index in [0.717, 1.165) is 46.3 Å². The smallest absolute Gasteiger partial charge is 0.361 e. The Hall–Kier alpha value is -2.32. The van der Waals surface area contributed by atoms with Crippen molar-refractivity contribution in [2.45, 2.75) is 24.4 Å². The lowest BCUT2D eigenvalue weighted by Crippen LogP contribution is -2.26. The lowest BCUT2D eigenvalue weighted by atomic mass is 10.1. The van der Waals surface area contributed by atoms with Gasteiger partial charge in [-0.25, -0.2) is 13.1 Å². The molecule has 0 unspecified atom stereocenters. The van der Waals surface area contributed by atoms with Gasteiger partial charge in [0.25, 0.3) is 0 Å². The van der Waals surface area contributed by atoms with Gasteiger partial charge in [0.15, 0.2) is 0 Å². The van der Waals surface area contributed by atoms with E-state index in [0.29, 0.717) is 6.42 Å². The van der Waals surface area contributed by atoms with Crippen molar-refractivity contribution >= 4 is 20.9 Å². The molecule has 3 rings (SSSR count). The number of halogens is 3. The molecule has 3 aromatic rings. The Morgan fingerprint density at radius 2 is 1.77 bits per heavy atom. The SMILES string of the molecule is Cc1ccc2[nH]cc(CCNS(=O)(=O)c3ccc(C(F)(F)F)cc3)c2c1. The van der Waals surface area contributed by atoms with E-state index in [1.54, 1.807) is 0 Å². The summed E-state index contributed by atoms with van der Waals surface area (Å²) in [6.45, 7) is 2.12. The van der Waals surface area contributed by atoms with Crippen molar-refractivity contribution in [2.24, 2.45) is 0 Å². The van der Waals surface area contributed by atoms with Crippen LogP contribution in [-0.2, 0) is 22.6 Å². The number of aromatic nitrogens is 1. The van der Waals surface area contributed by atoms with Crippen LogP contribution in [-0.4, -0.2) is 19.9 Å². The zero-order valence-corrected chi connectivity index (χ0v) is 14.7. The van der Waals surface area contributed by atoms with Gasteiger partial charge in [0.1, 0.15) is 0 Å². The van der Waals surface area contributed by atoms with Crippen LogP contribution in [0.25, 0.3) is 10.9 Å². The van der Waals surface area contributed by atoms with E-state index in [4.69, 9.17) is 0 Å². The molecule has 4 nitrogen and oxygen atoms in total. The molecule has 0 radical (unpaired) electrons. The fourth-order valence-electron chi connectivity index (χ4n) is 2.73. The molecule has 0 aliphatic heterocycles. The average molecular weight is 382 g/mol.